The van der Waals surface area contributed by atoms with Gasteiger partial charge in [0.05, 0.1) is 0 Å². The molecule has 0 spiro atoms. The maximum atomic E-state index is 14.6. The molecule has 0 atom stereocenters. The Kier molecular flexibility index (Phi) is 25.8. The summed E-state index contributed by atoms with van der Waals surface area (Å²) in [5.41, 5.74) is 2.62. The second-order valence-electron chi connectivity index (χ2n) is 19.7. The normalized spacial score (nSPS) is 25.1. The maximum Gasteiger partial charge on any atom is 0.331 e. The summed E-state index contributed by atoms with van der Waals surface area (Å²) in [6.45, 7) is 0. The van der Waals surface area contributed by atoms with E-state index in [-0.39, 0.29) is 5.92 Å². The molecule has 0 aliphatic heterocycles. The standard InChI is InChI=1S/C52H94O2/c53-52(54)51(49(45-37-29-21-13-5-1-6-14-22-30-38-45)46-39-31-23-15-7-2-8-16-24-32-40-46)50(47-41-33-25-17-9-3-10-18-26-34-42-47)48-43-35-27-19-11-4-12-20-28-36-44-48/h45-49H,1-44H2,(H,53,54). The summed E-state index contributed by atoms with van der Waals surface area (Å²) in [4.78, 5) is 14.6. The van der Waals surface area contributed by atoms with Gasteiger partial charge in [0.25, 0.3) is 0 Å². The lowest BCUT2D eigenvalue weighted by Crippen LogP contribution is -2.33. The predicted octanol–water partition coefficient (Wildman–Crippen LogP) is 17.7. The molecule has 0 aromatic carbocycles. The summed E-state index contributed by atoms with van der Waals surface area (Å²) in [6, 6.07) is 0. The van der Waals surface area contributed by atoms with E-state index in [1.165, 1.54) is 283 Å². The largest absolute Gasteiger partial charge is 0.478 e. The molecule has 4 aliphatic rings. The van der Waals surface area contributed by atoms with E-state index >= 15 is 0 Å². The van der Waals surface area contributed by atoms with Crippen LogP contribution in [-0.4, -0.2) is 11.1 Å². The molecule has 2 nitrogen and oxygen atoms in total. The molecule has 0 aromatic heterocycles. The van der Waals surface area contributed by atoms with Gasteiger partial charge in [-0.2, -0.15) is 0 Å². The van der Waals surface area contributed by atoms with Crippen LogP contribution in [0, 0.1) is 29.6 Å². The van der Waals surface area contributed by atoms with Crippen molar-refractivity contribution in [3.63, 3.8) is 0 Å². The second-order valence-corrected chi connectivity index (χ2v) is 19.7. The van der Waals surface area contributed by atoms with Crippen LogP contribution in [0.4, 0.5) is 0 Å². The number of carbonyl (C=O) groups is 1. The van der Waals surface area contributed by atoms with Crippen LogP contribution in [0.1, 0.15) is 283 Å². The van der Waals surface area contributed by atoms with Crippen molar-refractivity contribution in [1.29, 1.82) is 0 Å². The van der Waals surface area contributed by atoms with Gasteiger partial charge in [-0.05, 0) is 81.0 Å². The average molecular weight is 751 g/mol. The highest BCUT2D eigenvalue weighted by atomic mass is 16.4. The molecule has 4 fully saturated rings. The molecule has 0 aromatic rings. The van der Waals surface area contributed by atoms with E-state index in [2.05, 4.69) is 0 Å². The third kappa shape index (κ3) is 18.6. The van der Waals surface area contributed by atoms with Crippen LogP contribution >= 0.6 is 0 Å². The Morgan fingerprint density at radius 2 is 0.481 bits per heavy atom. The van der Waals surface area contributed by atoms with Crippen molar-refractivity contribution in [1.82, 2.24) is 0 Å². The zero-order chi connectivity index (χ0) is 37.7. The molecule has 0 radical (unpaired) electrons. The van der Waals surface area contributed by atoms with Gasteiger partial charge in [-0.1, -0.05) is 237 Å². The van der Waals surface area contributed by atoms with Crippen molar-refractivity contribution in [2.75, 3.05) is 0 Å². The number of allylic oxidation sites excluding steroid dienone is 1. The lowest BCUT2D eigenvalue weighted by Gasteiger charge is -2.40. The van der Waals surface area contributed by atoms with Gasteiger partial charge >= 0.3 is 5.97 Å². The van der Waals surface area contributed by atoms with Crippen LogP contribution in [0.15, 0.2) is 11.1 Å². The fourth-order valence-electron chi connectivity index (χ4n) is 12.1. The monoisotopic (exact) mass is 751 g/mol. The number of carboxylic acids is 1. The topological polar surface area (TPSA) is 37.3 Å². The van der Waals surface area contributed by atoms with Gasteiger partial charge in [-0.15, -0.1) is 0 Å². The molecule has 2 heteroatoms. The maximum absolute atomic E-state index is 14.6. The number of carboxylic acid groups (broad SMARTS) is 1. The van der Waals surface area contributed by atoms with Gasteiger partial charge in [-0.3, -0.25) is 0 Å². The van der Waals surface area contributed by atoms with E-state index < -0.39 is 5.97 Å². The summed E-state index contributed by atoms with van der Waals surface area (Å²) in [5, 5.41) is 12.0. The van der Waals surface area contributed by atoms with E-state index in [0.717, 1.165) is 5.57 Å². The van der Waals surface area contributed by atoms with Crippen molar-refractivity contribution in [3.8, 4) is 0 Å². The SMILES string of the molecule is O=C(O)C(=C(C1CCCCCCCCCCC1)C1CCCCCCCCCCC1)C(C1CCCCCCCCCCC1)C1CCCCCCCCCCC1. The second kappa shape index (κ2) is 30.3. The van der Waals surface area contributed by atoms with Gasteiger partial charge in [-0.25, -0.2) is 4.79 Å². The number of hydrogen-bond donors (Lipinski definition) is 1. The summed E-state index contributed by atoms with van der Waals surface area (Å²) in [6.07, 6.45) is 59.5. The molecule has 0 bridgehead atoms. The molecule has 0 amide bonds. The highest BCUT2D eigenvalue weighted by Gasteiger charge is 2.39. The van der Waals surface area contributed by atoms with E-state index in [9.17, 15) is 9.90 Å². The molecule has 314 valence electrons. The lowest BCUT2D eigenvalue weighted by molar-refractivity contribution is -0.134. The fraction of sp³-hybridized carbons (Fsp3) is 0.942. The van der Waals surface area contributed by atoms with Gasteiger partial charge in [0.2, 0.25) is 0 Å². The first kappa shape index (κ1) is 45.9. The Hall–Kier alpha value is -0.790. The van der Waals surface area contributed by atoms with Gasteiger partial charge in [0.15, 0.2) is 0 Å². The van der Waals surface area contributed by atoms with Crippen LogP contribution in [0.2, 0.25) is 0 Å². The van der Waals surface area contributed by atoms with Crippen molar-refractivity contribution < 1.29 is 9.90 Å². The lowest BCUT2D eigenvalue weighted by atomic mass is 9.64. The van der Waals surface area contributed by atoms with Crippen LogP contribution in [0.5, 0.6) is 0 Å². The van der Waals surface area contributed by atoms with Crippen LogP contribution in [-0.2, 0) is 4.79 Å². The smallest absolute Gasteiger partial charge is 0.331 e. The Labute approximate surface area is 338 Å². The van der Waals surface area contributed by atoms with Crippen molar-refractivity contribution >= 4 is 5.97 Å². The first-order valence-corrected chi connectivity index (χ1v) is 25.7. The minimum absolute atomic E-state index is 0.270. The van der Waals surface area contributed by atoms with Crippen LogP contribution in [0.3, 0.4) is 0 Å². The molecular formula is C52H94O2. The Morgan fingerprint density at radius 3 is 0.685 bits per heavy atom. The van der Waals surface area contributed by atoms with Crippen molar-refractivity contribution in [2.24, 2.45) is 29.6 Å². The summed E-state index contributed by atoms with van der Waals surface area (Å²) in [7, 11) is 0. The minimum atomic E-state index is -0.468. The first-order chi connectivity index (χ1) is 26.8. The molecule has 0 saturated heterocycles. The van der Waals surface area contributed by atoms with E-state index in [1.54, 1.807) is 5.57 Å². The van der Waals surface area contributed by atoms with Crippen LogP contribution in [0.25, 0.3) is 0 Å². The molecule has 1 N–H and O–H groups in total. The van der Waals surface area contributed by atoms with Crippen LogP contribution < -0.4 is 0 Å². The number of aliphatic carboxylic acids is 1. The highest BCUT2D eigenvalue weighted by molar-refractivity contribution is 5.88. The van der Waals surface area contributed by atoms with E-state index in [1.807, 2.05) is 0 Å². The molecular weight excluding hydrogens is 657 g/mol. The van der Waals surface area contributed by atoms with Gasteiger partial charge in [0, 0.05) is 5.57 Å². The molecule has 4 saturated carbocycles. The third-order valence-electron chi connectivity index (χ3n) is 15.3. The molecule has 4 rings (SSSR count). The number of rotatable bonds is 6. The Morgan fingerprint density at radius 1 is 0.296 bits per heavy atom. The highest BCUT2D eigenvalue weighted by Crippen LogP contribution is 2.47. The van der Waals surface area contributed by atoms with Gasteiger partial charge in [0.1, 0.15) is 0 Å². The molecule has 0 heterocycles. The molecule has 54 heavy (non-hydrogen) atoms. The molecule has 4 aliphatic carbocycles. The number of hydrogen-bond acceptors (Lipinski definition) is 1. The zero-order valence-electron chi connectivity index (χ0n) is 36.4. The fourth-order valence-corrected chi connectivity index (χ4v) is 12.1. The van der Waals surface area contributed by atoms with Gasteiger partial charge < -0.3 is 5.11 Å². The Balaban J connectivity index is 1.84. The average Bonchev–Trinajstić information content (AvgIpc) is 3.14. The quantitative estimate of drug-likeness (QED) is 0.275. The zero-order valence-corrected chi connectivity index (χ0v) is 36.4. The third-order valence-corrected chi connectivity index (χ3v) is 15.3. The first-order valence-electron chi connectivity index (χ1n) is 25.7. The van der Waals surface area contributed by atoms with Crippen molar-refractivity contribution in [2.45, 2.75) is 283 Å². The predicted molar refractivity (Wildman–Crippen MR) is 235 cm³/mol. The van der Waals surface area contributed by atoms with E-state index in [4.69, 9.17) is 0 Å². The van der Waals surface area contributed by atoms with Crippen molar-refractivity contribution in [3.05, 3.63) is 11.1 Å². The summed E-state index contributed by atoms with van der Waals surface area (Å²) >= 11 is 0. The Bertz CT molecular complexity index is 840. The molecule has 0 unspecified atom stereocenters. The van der Waals surface area contributed by atoms with E-state index in [0.29, 0.717) is 23.7 Å². The summed E-state index contributed by atoms with van der Waals surface area (Å²) < 4.78 is 0. The minimum Gasteiger partial charge on any atom is -0.478 e. The summed E-state index contributed by atoms with van der Waals surface area (Å²) in [5.74, 6) is 1.90.